The average molecular weight is 370 g/mol. The molecule has 1 aromatic heterocycles. The first-order valence-electron chi connectivity index (χ1n) is 7.71. The zero-order valence-electron chi connectivity index (χ0n) is 14.1. The van der Waals surface area contributed by atoms with Gasteiger partial charge in [-0.05, 0) is 24.3 Å². The number of benzene rings is 2. The number of nitrogens with zero attached hydrogens (tertiary/aromatic N) is 3. The molecule has 0 unspecified atom stereocenters. The highest BCUT2D eigenvalue weighted by Crippen LogP contribution is 2.30. The van der Waals surface area contributed by atoms with Gasteiger partial charge >= 0.3 is 5.69 Å². The van der Waals surface area contributed by atoms with Crippen LogP contribution in [0, 0.1) is 10.1 Å². The smallest absolute Gasteiger partial charge is 0.310 e. The van der Waals surface area contributed by atoms with Crippen LogP contribution in [0.3, 0.4) is 0 Å². The second-order valence-electron chi connectivity index (χ2n) is 5.40. The van der Waals surface area contributed by atoms with Crippen LogP contribution in [0.25, 0.3) is 11.5 Å². The lowest BCUT2D eigenvalue weighted by molar-refractivity contribution is -0.385. The van der Waals surface area contributed by atoms with E-state index in [1.165, 1.54) is 13.2 Å². The summed E-state index contributed by atoms with van der Waals surface area (Å²) in [6.07, 6.45) is -0.152. The Morgan fingerprint density at radius 3 is 2.81 bits per heavy atom. The SMILES string of the molecule is COc1ccccc1NC(=O)Cc1noc(-c2ccc([N+](=O)[O-])c(O)c2)n1. The lowest BCUT2D eigenvalue weighted by Gasteiger charge is -2.08. The third kappa shape index (κ3) is 4.00. The molecule has 0 radical (unpaired) electrons. The van der Waals surface area contributed by atoms with Crippen molar-refractivity contribution in [2.45, 2.75) is 6.42 Å². The predicted octanol–water partition coefficient (Wildman–Crippen LogP) is 2.54. The van der Waals surface area contributed by atoms with Crippen LogP contribution in [-0.2, 0) is 11.2 Å². The summed E-state index contributed by atoms with van der Waals surface area (Å²) < 4.78 is 10.2. The summed E-state index contributed by atoms with van der Waals surface area (Å²) in [5.41, 5.74) is 0.366. The van der Waals surface area contributed by atoms with Crippen molar-refractivity contribution in [3.63, 3.8) is 0 Å². The average Bonchev–Trinajstić information content (AvgIpc) is 3.10. The monoisotopic (exact) mass is 370 g/mol. The van der Waals surface area contributed by atoms with Crippen molar-refractivity contribution in [1.82, 2.24) is 10.1 Å². The van der Waals surface area contributed by atoms with E-state index in [1.54, 1.807) is 24.3 Å². The number of amides is 1. The van der Waals surface area contributed by atoms with E-state index in [0.29, 0.717) is 17.0 Å². The van der Waals surface area contributed by atoms with Gasteiger partial charge in [0, 0.05) is 11.6 Å². The number of hydrogen-bond acceptors (Lipinski definition) is 8. The Kier molecular flexibility index (Phi) is 4.97. The second kappa shape index (κ2) is 7.52. The van der Waals surface area contributed by atoms with Gasteiger partial charge in [-0.25, -0.2) is 0 Å². The van der Waals surface area contributed by atoms with E-state index in [4.69, 9.17) is 9.26 Å². The van der Waals surface area contributed by atoms with Crippen LogP contribution in [0.1, 0.15) is 5.82 Å². The summed E-state index contributed by atoms with van der Waals surface area (Å²) in [4.78, 5) is 26.3. The maximum absolute atomic E-state index is 12.2. The van der Waals surface area contributed by atoms with Crippen LogP contribution < -0.4 is 10.1 Å². The number of hydrogen-bond donors (Lipinski definition) is 2. The number of rotatable bonds is 6. The van der Waals surface area contributed by atoms with E-state index in [0.717, 1.165) is 12.1 Å². The maximum Gasteiger partial charge on any atom is 0.310 e. The van der Waals surface area contributed by atoms with Crippen molar-refractivity contribution in [1.29, 1.82) is 0 Å². The Morgan fingerprint density at radius 1 is 1.33 bits per heavy atom. The van der Waals surface area contributed by atoms with Gasteiger partial charge in [0.2, 0.25) is 5.91 Å². The van der Waals surface area contributed by atoms with Crippen LogP contribution in [0.4, 0.5) is 11.4 Å². The van der Waals surface area contributed by atoms with Crippen molar-refractivity contribution in [2.24, 2.45) is 0 Å². The lowest BCUT2D eigenvalue weighted by atomic mass is 10.2. The molecule has 0 spiro atoms. The number of carbonyl (C=O) groups is 1. The van der Waals surface area contributed by atoms with E-state index in [2.05, 4.69) is 15.5 Å². The van der Waals surface area contributed by atoms with Crippen molar-refractivity contribution < 1.29 is 24.1 Å². The molecule has 0 fully saturated rings. The number of nitrogens with one attached hydrogen (secondary N) is 1. The Bertz CT molecular complexity index is 1000. The fourth-order valence-electron chi connectivity index (χ4n) is 2.34. The largest absolute Gasteiger partial charge is 0.502 e. The topological polar surface area (TPSA) is 141 Å². The molecule has 0 aliphatic heterocycles. The summed E-state index contributed by atoms with van der Waals surface area (Å²) in [6, 6.07) is 10.6. The number of carbonyl (C=O) groups excluding carboxylic acids is 1. The van der Waals surface area contributed by atoms with Crippen LogP contribution in [0.2, 0.25) is 0 Å². The summed E-state index contributed by atoms with van der Waals surface area (Å²) in [5, 5.41) is 26.8. The Labute approximate surface area is 152 Å². The zero-order chi connectivity index (χ0) is 19.4. The van der Waals surface area contributed by atoms with Crippen molar-refractivity contribution in [2.75, 3.05) is 12.4 Å². The van der Waals surface area contributed by atoms with Crippen molar-refractivity contribution in [3.8, 4) is 23.0 Å². The first-order valence-corrected chi connectivity index (χ1v) is 7.71. The summed E-state index contributed by atoms with van der Waals surface area (Å²) in [7, 11) is 1.50. The molecule has 1 amide bonds. The van der Waals surface area contributed by atoms with Gasteiger partial charge in [0.1, 0.15) is 5.75 Å². The van der Waals surface area contributed by atoms with Gasteiger partial charge < -0.3 is 19.7 Å². The highest BCUT2D eigenvalue weighted by Gasteiger charge is 2.18. The molecule has 1 heterocycles. The number of phenols is 1. The molecule has 138 valence electrons. The molecular formula is C17H14N4O6. The highest BCUT2D eigenvalue weighted by molar-refractivity contribution is 5.93. The molecule has 0 bridgehead atoms. The van der Waals surface area contributed by atoms with Gasteiger partial charge in [-0.15, -0.1) is 0 Å². The molecule has 10 nitrogen and oxygen atoms in total. The van der Waals surface area contributed by atoms with E-state index in [1.807, 2.05) is 0 Å². The number of para-hydroxylation sites is 2. The van der Waals surface area contributed by atoms with Crippen LogP contribution in [0.15, 0.2) is 47.0 Å². The van der Waals surface area contributed by atoms with Crippen molar-refractivity contribution >= 4 is 17.3 Å². The van der Waals surface area contributed by atoms with Gasteiger partial charge in [0.05, 0.1) is 24.1 Å². The number of methoxy groups -OCH3 is 1. The first kappa shape index (κ1) is 17.9. The number of aromatic hydroxyl groups is 1. The zero-order valence-corrected chi connectivity index (χ0v) is 14.1. The van der Waals surface area contributed by atoms with Gasteiger partial charge in [-0.2, -0.15) is 4.98 Å². The van der Waals surface area contributed by atoms with Crippen LogP contribution >= 0.6 is 0 Å². The number of nitro benzene ring substituents is 1. The predicted molar refractivity (Wildman–Crippen MR) is 93.4 cm³/mol. The number of nitro groups is 1. The Morgan fingerprint density at radius 2 is 2.11 bits per heavy atom. The molecule has 0 atom stereocenters. The summed E-state index contributed by atoms with van der Waals surface area (Å²) >= 11 is 0. The molecule has 27 heavy (non-hydrogen) atoms. The molecule has 0 saturated carbocycles. The number of ether oxygens (including phenoxy) is 1. The summed E-state index contributed by atoms with van der Waals surface area (Å²) in [5.74, 6) is -0.235. The molecular weight excluding hydrogens is 356 g/mol. The molecule has 0 saturated heterocycles. The molecule has 3 rings (SSSR count). The quantitative estimate of drug-likeness (QED) is 0.498. The van der Waals surface area contributed by atoms with Crippen molar-refractivity contribution in [3.05, 3.63) is 58.4 Å². The minimum atomic E-state index is -0.708. The fourth-order valence-corrected chi connectivity index (χ4v) is 2.34. The normalized spacial score (nSPS) is 10.4. The third-order valence-corrected chi connectivity index (χ3v) is 3.59. The number of anilines is 1. The molecule has 3 aromatic rings. The van der Waals surface area contributed by atoms with Gasteiger partial charge in [0.25, 0.3) is 5.89 Å². The molecule has 2 N–H and O–H groups in total. The fraction of sp³-hybridized carbons (Fsp3) is 0.118. The Hall–Kier alpha value is -3.95. The molecule has 2 aromatic carbocycles. The standard InChI is InChI=1S/C17H14N4O6/c1-26-14-5-3-2-4-11(14)18-16(23)9-15-19-17(27-20-15)10-6-7-12(21(24)25)13(22)8-10/h2-8,22H,9H2,1H3,(H,18,23). The molecule has 10 heteroatoms. The van der Waals surface area contributed by atoms with Crippen LogP contribution in [0.5, 0.6) is 11.5 Å². The number of aromatic nitrogens is 2. The summed E-state index contributed by atoms with van der Waals surface area (Å²) in [6.45, 7) is 0. The van der Waals surface area contributed by atoms with E-state index >= 15 is 0 Å². The van der Waals surface area contributed by atoms with Crippen LogP contribution in [-0.4, -0.2) is 33.2 Å². The third-order valence-electron chi connectivity index (χ3n) is 3.59. The van der Waals surface area contributed by atoms with E-state index in [-0.39, 0.29) is 24.0 Å². The minimum Gasteiger partial charge on any atom is -0.502 e. The maximum atomic E-state index is 12.2. The lowest BCUT2D eigenvalue weighted by Crippen LogP contribution is -2.15. The molecule has 0 aliphatic carbocycles. The molecule has 0 aliphatic rings. The minimum absolute atomic E-state index is 0.0280. The number of phenolic OH excluding ortho intramolecular Hbond substituents is 1. The van der Waals surface area contributed by atoms with Gasteiger partial charge in [-0.3, -0.25) is 14.9 Å². The van der Waals surface area contributed by atoms with E-state index < -0.39 is 16.4 Å². The highest BCUT2D eigenvalue weighted by atomic mass is 16.6. The Balaban J connectivity index is 1.71. The second-order valence-corrected chi connectivity index (χ2v) is 5.40. The van der Waals surface area contributed by atoms with Gasteiger partial charge in [0.15, 0.2) is 11.6 Å². The van der Waals surface area contributed by atoms with E-state index in [9.17, 15) is 20.0 Å². The van der Waals surface area contributed by atoms with Gasteiger partial charge in [-0.1, -0.05) is 17.3 Å². The first-order chi connectivity index (χ1) is 13.0.